The molecule has 0 atom stereocenters. The summed E-state index contributed by atoms with van der Waals surface area (Å²) in [7, 11) is 0. The third kappa shape index (κ3) is 4.01. The van der Waals surface area contributed by atoms with Gasteiger partial charge in [-0.1, -0.05) is 66.7 Å². The number of nitrogens with zero attached hydrogens (tertiary/aromatic N) is 3. The molecule has 156 valence electrons. The van der Waals surface area contributed by atoms with Gasteiger partial charge in [-0.05, 0) is 36.2 Å². The van der Waals surface area contributed by atoms with Crippen molar-refractivity contribution in [3.8, 4) is 11.3 Å². The predicted octanol–water partition coefficient (Wildman–Crippen LogP) is 5.92. The smallest absolute Gasteiger partial charge is 0.229 e. The highest BCUT2D eigenvalue weighted by Gasteiger charge is 2.14. The quantitative estimate of drug-likeness (QED) is 0.371. The van der Waals surface area contributed by atoms with E-state index >= 15 is 0 Å². The second kappa shape index (κ2) is 8.47. The van der Waals surface area contributed by atoms with Gasteiger partial charge < -0.3 is 11.1 Å². The van der Waals surface area contributed by atoms with Gasteiger partial charge in [0.1, 0.15) is 5.82 Å². The van der Waals surface area contributed by atoms with Gasteiger partial charge in [-0.2, -0.15) is 4.98 Å². The number of fused-ring (bicyclic) bond motifs is 1. The van der Waals surface area contributed by atoms with E-state index in [1.54, 1.807) is 6.20 Å². The van der Waals surface area contributed by atoms with Gasteiger partial charge in [-0.25, -0.2) is 9.97 Å². The summed E-state index contributed by atoms with van der Waals surface area (Å²) >= 11 is 0. The zero-order chi connectivity index (χ0) is 21.9. The summed E-state index contributed by atoms with van der Waals surface area (Å²) in [4.78, 5) is 14.0. The molecule has 0 saturated heterocycles. The Labute approximate surface area is 187 Å². The van der Waals surface area contributed by atoms with Crippen LogP contribution in [0.25, 0.3) is 22.2 Å². The monoisotopic (exact) mass is 417 g/mol. The molecule has 0 unspecified atom stereocenters. The zero-order valence-electron chi connectivity index (χ0n) is 17.8. The first-order valence-corrected chi connectivity index (χ1v) is 10.6. The number of aryl methyl sites for hydroxylation is 1. The number of nitrogen functional groups attached to an aromatic ring is 1. The molecule has 3 aromatic carbocycles. The van der Waals surface area contributed by atoms with Gasteiger partial charge in [0.15, 0.2) is 0 Å². The summed E-state index contributed by atoms with van der Waals surface area (Å²) in [6, 6.07) is 28.5. The van der Waals surface area contributed by atoms with E-state index < -0.39 is 0 Å². The highest BCUT2D eigenvalue weighted by Crippen LogP contribution is 2.30. The Bertz CT molecular complexity index is 1380. The predicted molar refractivity (Wildman–Crippen MR) is 131 cm³/mol. The van der Waals surface area contributed by atoms with E-state index in [9.17, 15) is 0 Å². The summed E-state index contributed by atoms with van der Waals surface area (Å²) in [6.07, 6.45) is 2.39. The maximum absolute atomic E-state index is 6.34. The molecule has 0 aliphatic carbocycles. The van der Waals surface area contributed by atoms with Crippen molar-refractivity contribution in [3.05, 3.63) is 108 Å². The van der Waals surface area contributed by atoms with E-state index in [4.69, 9.17) is 10.7 Å². The third-order valence-corrected chi connectivity index (χ3v) is 5.48. The molecular weight excluding hydrogens is 394 g/mol. The van der Waals surface area contributed by atoms with Gasteiger partial charge >= 0.3 is 0 Å². The SMILES string of the molecule is Cc1cccc2cc(Cc3cnc(Nc4ccccc4)nc3N)c(-c3ccccc3)nc12. The van der Waals surface area contributed by atoms with Crippen LogP contribution in [0.15, 0.2) is 91.1 Å². The van der Waals surface area contributed by atoms with E-state index in [0.29, 0.717) is 18.2 Å². The van der Waals surface area contributed by atoms with Crippen molar-refractivity contribution in [3.63, 3.8) is 0 Å². The summed E-state index contributed by atoms with van der Waals surface area (Å²) in [6.45, 7) is 2.09. The number of aromatic nitrogens is 3. The molecular formula is C27H23N5. The van der Waals surface area contributed by atoms with Crippen molar-refractivity contribution in [1.82, 2.24) is 15.0 Å². The number of nitrogens with one attached hydrogen (secondary N) is 1. The minimum absolute atomic E-state index is 0.460. The molecule has 0 spiro atoms. The second-order valence-corrected chi connectivity index (χ2v) is 7.78. The van der Waals surface area contributed by atoms with Gasteiger partial charge in [-0.15, -0.1) is 0 Å². The first-order chi connectivity index (χ1) is 15.7. The summed E-state index contributed by atoms with van der Waals surface area (Å²) in [5.41, 5.74) is 13.4. The van der Waals surface area contributed by atoms with Crippen LogP contribution in [0, 0.1) is 6.92 Å². The lowest BCUT2D eigenvalue weighted by Gasteiger charge is -2.14. The molecule has 0 amide bonds. The first-order valence-electron chi connectivity index (χ1n) is 10.6. The van der Waals surface area contributed by atoms with Crippen molar-refractivity contribution < 1.29 is 0 Å². The topological polar surface area (TPSA) is 76.7 Å². The Morgan fingerprint density at radius 2 is 1.56 bits per heavy atom. The Morgan fingerprint density at radius 1 is 0.812 bits per heavy atom. The van der Waals surface area contributed by atoms with E-state index in [2.05, 4.69) is 58.6 Å². The summed E-state index contributed by atoms with van der Waals surface area (Å²) in [5, 5.41) is 4.30. The Hall–Kier alpha value is -4.25. The molecule has 0 radical (unpaired) electrons. The van der Waals surface area contributed by atoms with Crippen LogP contribution in [0.2, 0.25) is 0 Å². The van der Waals surface area contributed by atoms with Crippen LogP contribution < -0.4 is 11.1 Å². The normalized spacial score (nSPS) is 10.9. The highest BCUT2D eigenvalue weighted by molar-refractivity contribution is 5.86. The fourth-order valence-electron chi connectivity index (χ4n) is 3.84. The van der Waals surface area contributed by atoms with Crippen LogP contribution in [0.1, 0.15) is 16.7 Å². The molecule has 5 rings (SSSR count). The van der Waals surface area contributed by atoms with E-state index in [1.165, 1.54) is 0 Å². The van der Waals surface area contributed by atoms with Gasteiger partial charge in [-0.3, -0.25) is 0 Å². The minimum Gasteiger partial charge on any atom is -0.383 e. The van der Waals surface area contributed by atoms with Crippen LogP contribution in [0.3, 0.4) is 0 Å². The molecule has 0 bridgehead atoms. The molecule has 5 aromatic rings. The Kier molecular flexibility index (Phi) is 5.22. The molecule has 0 aliphatic rings. The van der Waals surface area contributed by atoms with Gasteiger partial charge in [0.2, 0.25) is 5.95 Å². The highest BCUT2D eigenvalue weighted by atomic mass is 15.1. The number of benzene rings is 3. The fraction of sp³-hybridized carbons (Fsp3) is 0.0741. The van der Waals surface area contributed by atoms with Crippen LogP contribution in [0.5, 0.6) is 0 Å². The molecule has 0 saturated carbocycles. The van der Waals surface area contributed by atoms with Crippen molar-refractivity contribution in [2.75, 3.05) is 11.1 Å². The molecule has 3 N–H and O–H groups in total. The maximum atomic E-state index is 6.34. The van der Waals surface area contributed by atoms with Crippen molar-refractivity contribution in [1.29, 1.82) is 0 Å². The van der Waals surface area contributed by atoms with E-state index in [0.717, 1.165) is 44.5 Å². The molecule has 32 heavy (non-hydrogen) atoms. The largest absolute Gasteiger partial charge is 0.383 e. The van der Waals surface area contributed by atoms with Crippen molar-refractivity contribution in [2.45, 2.75) is 13.3 Å². The average Bonchev–Trinajstić information content (AvgIpc) is 2.82. The molecule has 0 fully saturated rings. The van der Waals surface area contributed by atoms with Crippen molar-refractivity contribution in [2.24, 2.45) is 0 Å². The standard InChI is InChI=1S/C27H23N5/c1-18-9-8-12-20-15-21(25(31-24(18)20)19-10-4-2-5-11-19)16-22-17-29-27(32-26(22)28)30-23-13-6-3-7-14-23/h2-15,17H,16H2,1H3,(H3,28,29,30,32). The molecule has 5 heteroatoms. The minimum atomic E-state index is 0.460. The number of nitrogens with two attached hydrogens (primary N) is 1. The molecule has 0 aliphatic heterocycles. The summed E-state index contributed by atoms with van der Waals surface area (Å²) in [5.74, 6) is 0.940. The van der Waals surface area contributed by atoms with Crippen LogP contribution in [-0.4, -0.2) is 15.0 Å². The number of hydrogen-bond donors (Lipinski definition) is 2. The number of pyridine rings is 1. The Morgan fingerprint density at radius 3 is 2.31 bits per heavy atom. The fourth-order valence-corrected chi connectivity index (χ4v) is 3.84. The van der Waals surface area contributed by atoms with Crippen LogP contribution in [-0.2, 0) is 6.42 Å². The lowest BCUT2D eigenvalue weighted by molar-refractivity contribution is 1.08. The second-order valence-electron chi connectivity index (χ2n) is 7.78. The van der Waals surface area contributed by atoms with E-state index in [1.807, 2.05) is 48.5 Å². The maximum Gasteiger partial charge on any atom is 0.229 e. The lowest BCUT2D eigenvalue weighted by atomic mass is 9.97. The van der Waals surface area contributed by atoms with E-state index in [-0.39, 0.29) is 0 Å². The Balaban J connectivity index is 1.53. The van der Waals surface area contributed by atoms with Crippen LogP contribution in [0.4, 0.5) is 17.5 Å². The number of para-hydroxylation sites is 2. The first kappa shape index (κ1) is 19.7. The zero-order valence-corrected chi connectivity index (χ0v) is 17.8. The number of hydrogen-bond acceptors (Lipinski definition) is 5. The third-order valence-electron chi connectivity index (χ3n) is 5.48. The lowest BCUT2D eigenvalue weighted by Crippen LogP contribution is -2.05. The molecule has 2 heterocycles. The molecule has 2 aromatic heterocycles. The number of rotatable bonds is 5. The van der Waals surface area contributed by atoms with Gasteiger partial charge in [0.05, 0.1) is 11.2 Å². The van der Waals surface area contributed by atoms with Gasteiger partial charge in [0, 0.05) is 34.8 Å². The van der Waals surface area contributed by atoms with Crippen LogP contribution >= 0.6 is 0 Å². The molecule has 5 nitrogen and oxygen atoms in total. The number of anilines is 3. The summed E-state index contributed by atoms with van der Waals surface area (Å²) < 4.78 is 0. The average molecular weight is 418 g/mol. The van der Waals surface area contributed by atoms with Crippen molar-refractivity contribution >= 4 is 28.4 Å². The van der Waals surface area contributed by atoms with Gasteiger partial charge in [0.25, 0.3) is 0 Å².